The molecule has 1 N–H and O–H groups in total. The zero-order valence-electron chi connectivity index (χ0n) is 11.6. The largest absolute Gasteiger partial charge is 0.378 e. The Morgan fingerprint density at radius 1 is 1.53 bits per heavy atom. The fourth-order valence-electron chi connectivity index (χ4n) is 2.23. The van der Waals surface area contributed by atoms with Crippen LogP contribution in [0, 0.1) is 5.82 Å². The lowest BCUT2D eigenvalue weighted by atomic mass is 10.1. The Morgan fingerprint density at radius 3 is 3.11 bits per heavy atom. The minimum atomic E-state index is -0.275. The predicted molar refractivity (Wildman–Crippen MR) is 72.4 cm³/mol. The Kier molecular flexibility index (Phi) is 5.24. The summed E-state index contributed by atoms with van der Waals surface area (Å²) in [5.41, 5.74) is 0.913. The van der Waals surface area contributed by atoms with Gasteiger partial charge in [0.2, 0.25) is 0 Å². The Hall–Kier alpha value is -1.04. The number of hydrogen-bond acceptors (Lipinski definition) is 4. The monoisotopic (exact) mass is 267 g/mol. The number of aromatic nitrogens is 1. The fraction of sp³-hybridized carbons (Fsp3) is 0.643. The highest BCUT2D eigenvalue weighted by Gasteiger charge is 2.23. The lowest BCUT2D eigenvalue weighted by molar-refractivity contribution is -0.0115. The van der Waals surface area contributed by atoms with Crippen LogP contribution in [0.4, 0.5) is 4.39 Å². The summed E-state index contributed by atoms with van der Waals surface area (Å²) in [5.74, 6) is -0.275. The first kappa shape index (κ1) is 14.4. The van der Waals surface area contributed by atoms with Crippen LogP contribution in [-0.4, -0.2) is 48.3 Å². The SMILES string of the molecule is CC(C)NCC1COCCN1Cc1cncc(F)c1. The molecular weight excluding hydrogens is 245 g/mol. The topological polar surface area (TPSA) is 37.4 Å². The minimum Gasteiger partial charge on any atom is -0.378 e. The van der Waals surface area contributed by atoms with Gasteiger partial charge in [0.25, 0.3) is 0 Å². The maximum atomic E-state index is 13.2. The minimum absolute atomic E-state index is 0.275. The van der Waals surface area contributed by atoms with Crippen LogP contribution in [0.1, 0.15) is 19.4 Å². The zero-order valence-corrected chi connectivity index (χ0v) is 11.6. The summed E-state index contributed by atoms with van der Waals surface area (Å²) >= 11 is 0. The molecule has 1 aliphatic rings. The summed E-state index contributed by atoms with van der Waals surface area (Å²) in [6.07, 6.45) is 2.96. The summed E-state index contributed by atoms with van der Waals surface area (Å²) in [6, 6.07) is 2.34. The summed E-state index contributed by atoms with van der Waals surface area (Å²) in [4.78, 5) is 6.23. The second kappa shape index (κ2) is 6.93. The molecule has 0 saturated carbocycles. The van der Waals surface area contributed by atoms with Crippen molar-refractivity contribution in [1.82, 2.24) is 15.2 Å². The van der Waals surface area contributed by atoms with Gasteiger partial charge < -0.3 is 10.1 Å². The van der Waals surface area contributed by atoms with Gasteiger partial charge >= 0.3 is 0 Å². The molecular formula is C14H22FN3O. The van der Waals surface area contributed by atoms with E-state index in [1.807, 2.05) is 0 Å². The number of rotatable bonds is 5. The molecule has 106 valence electrons. The number of morpholine rings is 1. The van der Waals surface area contributed by atoms with Crippen LogP contribution in [-0.2, 0) is 11.3 Å². The Morgan fingerprint density at radius 2 is 2.37 bits per heavy atom. The first-order valence-electron chi connectivity index (χ1n) is 6.80. The third kappa shape index (κ3) is 4.53. The number of hydrogen-bond donors (Lipinski definition) is 1. The van der Waals surface area contributed by atoms with Gasteiger partial charge in [0.05, 0.1) is 19.4 Å². The Balaban J connectivity index is 1.95. The van der Waals surface area contributed by atoms with Gasteiger partial charge in [-0.15, -0.1) is 0 Å². The molecule has 1 aliphatic heterocycles. The van der Waals surface area contributed by atoms with E-state index in [0.29, 0.717) is 12.1 Å². The molecule has 19 heavy (non-hydrogen) atoms. The molecule has 0 amide bonds. The van der Waals surface area contributed by atoms with Gasteiger partial charge in [-0.2, -0.15) is 0 Å². The molecule has 1 aromatic rings. The first-order valence-corrected chi connectivity index (χ1v) is 6.80. The number of halogens is 1. The molecule has 1 unspecified atom stereocenters. The van der Waals surface area contributed by atoms with Gasteiger partial charge in [-0.3, -0.25) is 9.88 Å². The molecule has 1 atom stereocenters. The summed E-state index contributed by atoms with van der Waals surface area (Å²) in [5, 5.41) is 3.43. The molecule has 0 aliphatic carbocycles. The number of nitrogens with zero attached hydrogens (tertiary/aromatic N) is 2. The van der Waals surface area contributed by atoms with Crippen LogP contribution in [0.25, 0.3) is 0 Å². The predicted octanol–water partition coefficient (Wildman–Crippen LogP) is 1.42. The van der Waals surface area contributed by atoms with E-state index in [2.05, 4.69) is 29.0 Å². The van der Waals surface area contributed by atoms with Crippen molar-refractivity contribution in [2.24, 2.45) is 0 Å². The average molecular weight is 267 g/mol. The molecule has 4 nitrogen and oxygen atoms in total. The van der Waals surface area contributed by atoms with Gasteiger partial charge in [-0.1, -0.05) is 13.8 Å². The number of ether oxygens (including phenoxy) is 1. The summed E-state index contributed by atoms with van der Waals surface area (Å²) in [6.45, 7) is 8.21. The molecule has 1 fully saturated rings. The van der Waals surface area contributed by atoms with Crippen molar-refractivity contribution in [3.63, 3.8) is 0 Å². The van der Waals surface area contributed by atoms with Crippen LogP contribution in [0.2, 0.25) is 0 Å². The summed E-state index contributed by atoms with van der Waals surface area (Å²) in [7, 11) is 0. The average Bonchev–Trinajstić information content (AvgIpc) is 2.38. The number of pyridine rings is 1. The van der Waals surface area contributed by atoms with Crippen molar-refractivity contribution in [2.45, 2.75) is 32.5 Å². The molecule has 1 saturated heterocycles. The van der Waals surface area contributed by atoms with Gasteiger partial charge in [-0.05, 0) is 11.6 Å². The molecule has 0 radical (unpaired) electrons. The number of nitrogens with one attached hydrogen (secondary N) is 1. The lowest BCUT2D eigenvalue weighted by Crippen LogP contribution is -2.50. The van der Waals surface area contributed by atoms with Crippen molar-refractivity contribution in [3.8, 4) is 0 Å². The molecule has 2 heterocycles. The highest BCUT2D eigenvalue weighted by Crippen LogP contribution is 2.12. The fourth-order valence-corrected chi connectivity index (χ4v) is 2.23. The third-order valence-corrected chi connectivity index (χ3v) is 3.26. The smallest absolute Gasteiger partial charge is 0.141 e. The third-order valence-electron chi connectivity index (χ3n) is 3.26. The maximum absolute atomic E-state index is 13.2. The lowest BCUT2D eigenvalue weighted by Gasteiger charge is -2.36. The normalized spacial score (nSPS) is 20.9. The maximum Gasteiger partial charge on any atom is 0.141 e. The van der Waals surface area contributed by atoms with Gasteiger partial charge in [0.15, 0.2) is 0 Å². The highest BCUT2D eigenvalue weighted by molar-refractivity contribution is 5.10. The van der Waals surface area contributed by atoms with Gasteiger partial charge in [0, 0.05) is 37.9 Å². The van der Waals surface area contributed by atoms with E-state index in [1.165, 1.54) is 6.20 Å². The van der Waals surface area contributed by atoms with E-state index in [9.17, 15) is 4.39 Å². The molecule has 5 heteroatoms. The van der Waals surface area contributed by atoms with E-state index in [4.69, 9.17) is 4.74 Å². The van der Waals surface area contributed by atoms with E-state index < -0.39 is 0 Å². The Bertz CT molecular complexity index is 400. The first-order chi connectivity index (χ1) is 9.15. The van der Waals surface area contributed by atoms with E-state index >= 15 is 0 Å². The second-order valence-electron chi connectivity index (χ2n) is 5.27. The van der Waals surface area contributed by atoms with Crippen molar-refractivity contribution in [3.05, 3.63) is 29.8 Å². The highest BCUT2D eigenvalue weighted by atomic mass is 19.1. The quantitative estimate of drug-likeness (QED) is 0.875. The van der Waals surface area contributed by atoms with Crippen LogP contribution < -0.4 is 5.32 Å². The van der Waals surface area contributed by atoms with E-state index in [-0.39, 0.29) is 5.82 Å². The van der Waals surface area contributed by atoms with Crippen LogP contribution in [0.3, 0.4) is 0 Å². The summed E-state index contributed by atoms with van der Waals surface area (Å²) < 4.78 is 18.7. The van der Waals surface area contributed by atoms with Crippen molar-refractivity contribution in [2.75, 3.05) is 26.3 Å². The van der Waals surface area contributed by atoms with E-state index in [1.54, 1.807) is 12.3 Å². The zero-order chi connectivity index (χ0) is 13.7. The second-order valence-corrected chi connectivity index (χ2v) is 5.27. The van der Waals surface area contributed by atoms with Gasteiger partial charge in [0.1, 0.15) is 5.82 Å². The van der Waals surface area contributed by atoms with E-state index in [0.717, 1.165) is 38.4 Å². The molecule has 1 aromatic heterocycles. The van der Waals surface area contributed by atoms with Crippen molar-refractivity contribution < 1.29 is 9.13 Å². The van der Waals surface area contributed by atoms with Crippen LogP contribution >= 0.6 is 0 Å². The van der Waals surface area contributed by atoms with Crippen LogP contribution in [0.15, 0.2) is 18.5 Å². The van der Waals surface area contributed by atoms with Crippen LogP contribution in [0.5, 0.6) is 0 Å². The van der Waals surface area contributed by atoms with Crippen molar-refractivity contribution in [1.29, 1.82) is 0 Å². The standard InChI is InChI=1S/C14H22FN3O/c1-11(2)17-8-14-10-19-4-3-18(14)9-12-5-13(15)7-16-6-12/h5-7,11,14,17H,3-4,8-10H2,1-2H3. The molecule has 0 bridgehead atoms. The molecule has 0 aromatic carbocycles. The van der Waals surface area contributed by atoms with Gasteiger partial charge in [-0.25, -0.2) is 4.39 Å². The molecule has 0 spiro atoms. The Labute approximate surface area is 114 Å². The molecule has 2 rings (SSSR count). The van der Waals surface area contributed by atoms with Crippen molar-refractivity contribution >= 4 is 0 Å².